The van der Waals surface area contributed by atoms with Crippen LogP contribution in [0, 0.1) is 5.92 Å². The second-order valence-electron chi connectivity index (χ2n) is 5.55. The average Bonchev–Trinajstić information content (AvgIpc) is 3.20. The third-order valence-electron chi connectivity index (χ3n) is 4.13. The Balaban J connectivity index is 1.55. The van der Waals surface area contributed by atoms with Crippen LogP contribution in [0.25, 0.3) is 0 Å². The zero-order valence-electron chi connectivity index (χ0n) is 12.7. The summed E-state index contributed by atoms with van der Waals surface area (Å²) in [6.07, 6.45) is 9.09. The van der Waals surface area contributed by atoms with Crippen LogP contribution in [0.15, 0.2) is 24.8 Å². The van der Waals surface area contributed by atoms with Crippen LogP contribution >= 0.6 is 0 Å². The molecule has 0 aliphatic carbocycles. The quantitative estimate of drug-likeness (QED) is 0.875. The van der Waals surface area contributed by atoms with Crippen LogP contribution in [0.4, 0.5) is 0 Å². The van der Waals surface area contributed by atoms with Crippen molar-refractivity contribution in [3.05, 3.63) is 36.2 Å². The Labute approximate surface area is 125 Å². The fraction of sp³-hybridized carbons (Fsp3) is 0.600. The van der Waals surface area contributed by atoms with Crippen LogP contribution in [0.2, 0.25) is 0 Å². The Morgan fingerprint density at radius 3 is 3.10 bits per heavy atom. The van der Waals surface area contributed by atoms with Crippen LogP contribution < -0.4 is 5.32 Å². The number of nitrogens with one attached hydrogen (secondary N) is 1. The number of aromatic nitrogens is 4. The molecule has 2 aromatic heterocycles. The normalized spacial score (nSPS) is 22.0. The van der Waals surface area contributed by atoms with Gasteiger partial charge in [0.2, 0.25) is 0 Å². The molecule has 6 nitrogen and oxygen atoms in total. The predicted octanol–water partition coefficient (Wildman–Crippen LogP) is 1.50. The summed E-state index contributed by atoms with van der Waals surface area (Å²) in [5, 5.41) is 7.85. The first kappa shape index (κ1) is 14.3. The molecule has 21 heavy (non-hydrogen) atoms. The fourth-order valence-electron chi connectivity index (χ4n) is 2.85. The lowest BCUT2D eigenvalue weighted by molar-refractivity contribution is 0.0903. The van der Waals surface area contributed by atoms with E-state index in [1.54, 1.807) is 0 Å². The number of rotatable bonds is 6. The standard InChI is InChI=1S/C15H23N5O/c1-3-20-11-13(9-18-20)15-12(4-7-21-15)8-16-10-14-17-5-6-19(14)2/h5-6,9,11-12,15-16H,3-4,7-8,10H2,1-2H3. The minimum Gasteiger partial charge on any atom is -0.373 e. The molecule has 1 N–H and O–H groups in total. The van der Waals surface area contributed by atoms with Gasteiger partial charge in [-0.15, -0.1) is 0 Å². The SMILES string of the molecule is CCn1cc(C2OCCC2CNCc2nccn2C)cn1. The molecule has 0 bridgehead atoms. The van der Waals surface area contributed by atoms with Crippen LogP contribution in [-0.2, 0) is 24.9 Å². The predicted molar refractivity (Wildman–Crippen MR) is 79.6 cm³/mol. The fourth-order valence-corrected chi connectivity index (χ4v) is 2.85. The molecule has 114 valence electrons. The molecule has 1 aliphatic heterocycles. The largest absolute Gasteiger partial charge is 0.373 e. The van der Waals surface area contributed by atoms with Crippen molar-refractivity contribution in [1.29, 1.82) is 0 Å². The molecular formula is C15H23N5O. The first-order valence-electron chi connectivity index (χ1n) is 7.58. The first-order valence-corrected chi connectivity index (χ1v) is 7.58. The maximum absolute atomic E-state index is 5.91. The van der Waals surface area contributed by atoms with E-state index in [0.717, 1.165) is 38.5 Å². The molecule has 0 radical (unpaired) electrons. The van der Waals surface area contributed by atoms with Gasteiger partial charge in [-0.3, -0.25) is 4.68 Å². The second kappa shape index (κ2) is 6.41. The highest BCUT2D eigenvalue weighted by atomic mass is 16.5. The molecule has 0 aromatic carbocycles. The topological polar surface area (TPSA) is 56.9 Å². The van der Waals surface area contributed by atoms with E-state index in [2.05, 4.69) is 28.5 Å². The molecule has 0 amide bonds. The molecule has 3 heterocycles. The molecule has 2 unspecified atom stereocenters. The minimum atomic E-state index is 0.166. The minimum absolute atomic E-state index is 0.166. The van der Waals surface area contributed by atoms with Crippen molar-refractivity contribution in [3.63, 3.8) is 0 Å². The van der Waals surface area contributed by atoms with Gasteiger partial charge in [0.1, 0.15) is 5.82 Å². The van der Waals surface area contributed by atoms with Gasteiger partial charge in [-0.2, -0.15) is 5.10 Å². The molecule has 2 aromatic rings. The Morgan fingerprint density at radius 2 is 2.38 bits per heavy atom. The monoisotopic (exact) mass is 289 g/mol. The van der Waals surface area contributed by atoms with Gasteiger partial charge >= 0.3 is 0 Å². The number of aryl methyl sites for hydroxylation is 2. The maximum atomic E-state index is 5.91. The van der Waals surface area contributed by atoms with Crippen molar-refractivity contribution in [1.82, 2.24) is 24.6 Å². The van der Waals surface area contributed by atoms with Crippen molar-refractivity contribution in [3.8, 4) is 0 Å². The van der Waals surface area contributed by atoms with Crippen LogP contribution in [0.5, 0.6) is 0 Å². The first-order chi connectivity index (χ1) is 10.3. The summed E-state index contributed by atoms with van der Waals surface area (Å²) in [6, 6.07) is 0. The van der Waals surface area contributed by atoms with E-state index in [4.69, 9.17) is 4.74 Å². The Hall–Kier alpha value is -1.66. The van der Waals surface area contributed by atoms with E-state index >= 15 is 0 Å². The molecule has 6 heteroatoms. The lowest BCUT2D eigenvalue weighted by atomic mass is 9.97. The third-order valence-corrected chi connectivity index (χ3v) is 4.13. The van der Waals surface area contributed by atoms with Crippen LogP contribution in [-0.4, -0.2) is 32.5 Å². The van der Waals surface area contributed by atoms with Gasteiger partial charge in [0.05, 0.1) is 18.8 Å². The maximum Gasteiger partial charge on any atom is 0.122 e. The van der Waals surface area contributed by atoms with Gasteiger partial charge in [0.25, 0.3) is 0 Å². The molecule has 3 rings (SSSR count). The summed E-state index contributed by atoms with van der Waals surface area (Å²) in [5.41, 5.74) is 1.19. The lowest BCUT2D eigenvalue weighted by Gasteiger charge is -2.17. The number of nitrogens with zero attached hydrogens (tertiary/aromatic N) is 4. The van der Waals surface area contributed by atoms with E-state index in [1.807, 2.05) is 34.9 Å². The van der Waals surface area contributed by atoms with Crippen LogP contribution in [0.3, 0.4) is 0 Å². The van der Waals surface area contributed by atoms with Crippen molar-refractivity contribution < 1.29 is 4.74 Å². The molecular weight excluding hydrogens is 266 g/mol. The highest BCUT2D eigenvalue weighted by molar-refractivity contribution is 5.11. The summed E-state index contributed by atoms with van der Waals surface area (Å²) < 4.78 is 9.90. The number of hydrogen-bond acceptors (Lipinski definition) is 4. The van der Waals surface area contributed by atoms with Gasteiger partial charge < -0.3 is 14.6 Å². The van der Waals surface area contributed by atoms with Gasteiger partial charge in [0, 0.05) is 56.8 Å². The molecule has 1 saturated heterocycles. The Kier molecular flexibility index (Phi) is 4.36. The summed E-state index contributed by atoms with van der Waals surface area (Å²) in [5.74, 6) is 1.56. The highest BCUT2D eigenvalue weighted by Crippen LogP contribution is 2.33. The van der Waals surface area contributed by atoms with Crippen molar-refractivity contribution in [2.75, 3.05) is 13.2 Å². The lowest BCUT2D eigenvalue weighted by Crippen LogP contribution is -2.25. The van der Waals surface area contributed by atoms with E-state index in [1.165, 1.54) is 5.56 Å². The second-order valence-corrected chi connectivity index (χ2v) is 5.55. The Bertz CT molecular complexity index is 576. The number of hydrogen-bond donors (Lipinski definition) is 1. The molecule has 2 atom stereocenters. The Morgan fingerprint density at radius 1 is 1.48 bits per heavy atom. The zero-order chi connectivity index (χ0) is 14.7. The van der Waals surface area contributed by atoms with Crippen molar-refractivity contribution >= 4 is 0 Å². The van der Waals surface area contributed by atoms with Gasteiger partial charge in [-0.1, -0.05) is 0 Å². The summed E-state index contributed by atoms with van der Waals surface area (Å²) in [4.78, 5) is 4.33. The zero-order valence-corrected chi connectivity index (χ0v) is 12.7. The van der Waals surface area contributed by atoms with Gasteiger partial charge in [-0.25, -0.2) is 4.98 Å². The highest BCUT2D eigenvalue weighted by Gasteiger charge is 2.30. The van der Waals surface area contributed by atoms with E-state index in [-0.39, 0.29) is 6.10 Å². The van der Waals surface area contributed by atoms with Gasteiger partial charge in [0.15, 0.2) is 0 Å². The molecule has 0 saturated carbocycles. The van der Waals surface area contributed by atoms with E-state index < -0.39 is 0 Å². The number of imidazole rings is 1. The summed E-state index contributed by atoms with van der Waals surface area (Å²) >= 11 is 0. The molecule has 1 aliphatic rings. The third kappa shape index (κ3) is 3.16. The molecule has 0 spiro atoms. The number of ether oxygens (including phenoxy) is 1. The van der Waals surface area contributed by atoms with Crippen molar-refractivity contribution in [2.24, 2.45) is 13.0 Å². The summed E-state index contributed by atoms with van der Waals surface area (Å²) in [7, 11) is 2.02. The van der Waals surface area contributed by atoms with E-state index in [9.17, 15) is 0 Å². The van der Waals surface area contributed by atoms with E-state index in [0.29, 0.717) is 5.92 Å². The smallest absolute Gasteiger partial charge is 0.122 e. The summed E-state index contributed by atoms with van der Waals surface area (Å²) in [6.45, 7) is 5.56. The van der Waals surface area contributed by atoms with Crippen molar-refractivity contribution in [2.45, 2.75) is 32.5 Å². The van der Waals surface area contributed by atoms with Gasteiger partial charge in [-0.05, 0) is 13.3 Å². The average molecular weight is 289 g/mol. The molecule has 1 fully saturated rings. The van der Waals surface area contributed by atoms with Crippen LogP contribution in [0.1, 0.15) is 30.8 Å².